The van der Waals surface area contributed by atoms with Crippen molar-refractivity contribution in [2.45, 2.75) is 13.8 Å². The molecule has 3 N–H and O–H groups in total. The molecule has 7 heteroatoms. The van der Waals surface area contributed by atoms with Crippen molar-refractivity contribution in [3.8, 4) is 5.75 Å². The fourth-order valence-corrected chi connectivity index (χ4v) is 2.49. The Labute approximate surface area is 165 Å². The van der Waals surface area contributed by atoms with Crippen LogP contribution < -0.4 is 20.7 Å². The van der Waals surface area contributed by atoms with Crippen LogP contribution in [0.15, 0.2) is 60.8 Å². The van der Waals surface area contributed by atoms with Crippen LogP contribution in [0.3, 0.4) is 0 Å². The molecule has 2 rings (SSSR count). The van der Waals surface area contributed by atoms with E-state index in [0.717, 1.165) is 5.69 Å². The van der Waals surface area contributed by atoms with E-state index >= 15 is 0 Å². The van der Waals surface area contributed by atoms with Crippen molar-refractivity contribution in [3.63, 3.8) is 0 Å². The van der Waals surface area contributed by atoms with Gasteiger partial charge in [0.2, 0.25) is 5.95 Å². The lowest BCUT2D eigenvalue weighted by Gasteiger charge is -2.13. The van der Waals surface area contributed by atoms with E-state index in [9.17, 15) is 4.79 Å². The molecule has 28 heavy (non-hydrogen) atoms. The summed E-state index contributed by atoms with van der Waals surface area (Å²) < 4.78 is 5.34. The number of amides is 1. The number of rotatable bonds is 8. The summed E-state index contributed by atoms with van der Waals surface area (Å²) in [7, 11) is 3.31. The maximum Gasteiger partial charge on any atom is 0.259 e. The van der Waals surface area contributed by atoms with Crippen molar-refractivity contribution in [3.05, 3.63) is 72.1 Å². The van der Waals surface area contributed by atoms with Crippen molar-refractivity contribution in [2.24, 2.45) is 0 Å². The first-order valence-electron chi connectivity index (χ1n) is 8.76. The predicted molar refractivity (Wildman–Crippen MR) is 113 cm³/mol. The number of carbonyl (C=O) groups excluding carboxylic acids is 1. The molecule has 0 saturated heterocycles. The third-order valence-electron chi connectivity index (χ3n) is 3.71. The monoisotopic (exact) mass is 379 g/mol. The minimum atomic E-state index is -0.298. The van der Waals surface area contributed by atoms with Crippen molar-refractivity contribution in [1.82, 2.24) is 15.3 Å². The van der Waals surface area contributed by atoms with Gasteiger partial charge in [-0.05, 0) is 44.2 Å². The Bertz CT molecular complexity index is 919. The summed E-state index contributed by atoms with van der Waals surface area (Å²) in [5, 5.41) is 8.96. The summed E-state index contributed by atoms with van der Waals surface area (Å²) in [4.78, 5) is 21.5. The average Bonchev–Trinajstić information content (AvgIpc) is 2.67. The van der Waals surface area contributed by atoms with E-state index in [-0.39, 0.29) is 5.91 Å². The molecule has 0 aliphatic rings. The van der Waals surface area contributed by atoms with Crippen molar-refractivity contribution >= 4 is 23.4 Å². The van der Waals surface area contributed by atoms with Gasteiger partial charge in [0.1, 0.15) is 11.6 Å². The number of allylic oxidation sites excluding steroid dienone is 4. The highest BCUT2D eigenvalue weighted by molar-refractivity contribution is 5.99. The molecule has 1 aromatic carbocycles. The minimum absolute atomic E-state index is 0.298. The number of methoxy groups -OCH3 is 1. The average molecular weight is 379 g/mol. The number of benzene rings is 1. The number of aryl methyl sites for hydroxylation is 1. The lowest BCUT2D eigenvalue weighted by molar-refractivity contribution is 0.0964. The molecule has 0 spiro atoms. The standard InChI is InChI=1S/C21H25N5O2/c1-6-8-15(9-7-2)24-20(27)17-13-16(10-11-18(17)28-5)25-21-23-14(3)12-19(22-4)26-21/h6-13H,1H2,2-5H3,(H,24,27)(H2,22,23,25,26)/b9-7-,15-8+. The molecule has 0 fully saturated rings. The molecule has 0 atom stereocenters. The Morgan fingerprint density at radius 3 is 2.68 bits per heavy atom. The summed E-state index contributed by atoms with van der Waals surface area (Å²) in [6, 6.07) is 7.05. The molecule has 0 bridgehead atoms. The van der Waals surface area contributed by atoms with Crippen LogP contribution in [0.2, 0.25) is 0 Å². The van der Waals surface area contributed by atoms with Gasteiger partial charge in [-0.3, -0.25) is 4.79 Å². The molecular formula is C21H25N5O2. The number of ether oxygens (including phenoxy) is 1. The van der Waals surface area contributed by atoms with Crippen molar-refractivity contribution < 1.29 is 9.53 Å². The molecule has 2 aromatic rings. The fourth-order valence-electron chi connectivity index (χ4n) is 2.49. The Kier molecular flexibility index (Phi) is 7.33. The molecule has 0 unspecified atom stereocenters. The van der Waals surface area contributed by atoms with Crippen LogP contribution in [0.25, 0.3) is 0 Å². The number of hydrogen-bond acceptors (Lipinski definition) is 6. The van der Waals surface area contributed by atoms with Crippen molar-refractivity contribution in [2.75, 3.05) is 24.8 Å². The van der Waals surface area contributed by atoms with E-state index in [1.807, 2.05) is 26.0 Å². The molecular weight excluding hydrogens is 354 g/mol. The molecule has 0 aliphatic carbocycles. The first kappa shape index (κ1) is 20.7. The zero-order valence-corrected chi connectivity index (χ0v) is 16.5. The second kappa shape index (κ2) is 9.91. The second-order valence-electron chi connectivity index (χ2n) is 5.82. The van der Waals surface area contributed by atoms with E-state index in [0.29, 0.717) is 34.5 Å². The smallest absolute Gasteiger partial charge is 0.259 e. The van der Waals surface area contributed by atoms with Crippen molar-refractivity contribution in [1.29, 1.82) is 0 Å². The predicted octanol–water partition coefficient (Wildman–Crippen LogP) is 3.95. The van der Waals surface area contributed by atoms with Crippen LogP contribution in [0.1, 0.15) is 23.0 Å². The highest BCUT2D eigenvalue weighted by Crippen LogP contribution is 2.25. The number of hydrogen-bond donors (Lipinski definition) is 3. The topological polar surface area (TPSA) is 88.2 Å². The van der Waals surface area contributed by atoms with Gasteiger partial charge in [-0.15, -0.1) is 0 Å². The number of aromatic nitrogens is 2. The van der Waals surface area contributed by atoms with Gasteiger partial charge in [0.05, 0.1) is 12.7 Å². The Hall–Kier alpha value is -3.61. The zero-order chi connectivity index (χ0) is 20.5. The van der Waals surface area contributed by atoms with Gasteiger partial charge in [-0.25, -0.2) is 4.98 Å². The molecule has 1 heterocycles. The Balaban J connectivity index is 2.33. The third kappa shape index (κ3) is 5.44. The minimum Gasteiger partial charge on any atom is -0.496 e. The third-order valence-corrected chi connectivity index (χ3v) is 3.71. The van der Waals surface area contributed by atoms with Gasteiger partial charge < -0.3 is 20.7 Å². The molecule has 7 nitrogen and oxygen atoms in total. The van der Waals surface area contributed by atoms with Gasteiger partial charge in [-0.2, -0.15) is 4.98 Å². The fraction of sp³-hybridized carbons (Fsp3) is 0.190. The molecule has 1 amide bonds. The SMILES string of the molecule is C=C/C=C(\C=C/C)NC(=O)c1cc(Nc2nc(C)cc(NC)n2)ccc1OC. The second-order valence-corrected chi connectivity index (χ2v) is 5.82. The van der Waals surface area contributed by atoms with E-state index in [2.05, 4.69) is 32.5 Å². The number of nitrogens with one attached hydrogen (secondary N) is 3. The normalized spacial score (nSPS) is 11.2. The summed E-state index contributed by atoms with van der Waals surface area (Å²) in [6.45, 7) is 7.42. The van der Waals surface area contributed by atoms with Gasteiger partial charge in [-0.1, -0.05) is 18.7 Å². The number of nitrogens with zero attached hydrogens (tertiary/aromatic N) is 2. The highest BCUT2D eigenvalue weighted by Gasteiger charge is 2.14. The summed E-state index contributed by atoms with van der Waals surface area (Å²) in [5.74, 6) is 1.30. The highest BCUT2D eigenvalue weighted by atomic mass is 16.5. The summed E-state index contributed by atoms with van der Waals surface area (Å²) >= 11 is 0. The first-order chi connectivity index (χ1) is 13.5. The van der Waals surface area contributed by atoms with E-state index < -0.39 is 0 Å². The van der Waals surface area contributed by atoms with Crippen LogP contribution in [-0.4, -0.2) is 30.0 Å². The Morgan fingerprint density at radius 2 is 2.04 bits per heavy atom. The van der Waals surface area contributed by atoms with Gasteiger partial charge >= 0.3 is 0 Å². The molecule has 0 aliphatic heterocycles. The number of carbonyl (C=O) groups is 1. The largest absolute Gasteiger partial charge is 0.496 e. The lowest BCUT2D eigenvalue weighted by Crippen LogP contribution is -2.22. The maximum absolute atomic E-state index is 12.8. The molecule has 1 aromatic heterocycles. The van der Waals surface area contributed by atoms with E-state index in [1.165, 1.54) is 7.11 Å². The van der Waals surface area contributed by atoms with Gasteiger partial charge in [0.15, 0.2) is 0 Å². The quantitative estimate of drug-likeness (QED) is 0.602. The number of anilines is 3. The van der Waals surface area contributed by atoms with E-state index in [4.69, 9.17) is 4.74 Å². The first-order valence-corrected chi connectivity index (χ1v) is 8.76. The van der Waals surface area contributed by atoms with Crippen LogP contribution >= 0.6 is 0 Å². The van der Waals surface area contributed by atoms with Gasteiger partial charge in [0, 0.05) is 30.2 Å². The van der Waals surface area contributed by atoms with Crippen LogP contribution in [0.4, 0.5) is 17.5 Å². The Morgan fingerprint density at radius 1 is 1.25 bits per heavy atom. The molecule has 146 valence electrons. The summed E-state index contributed by atoms with van der Waals surface area (Å²) in [6.07, 6.45) is 6.94. The molecule has 0 radical (unpaired) electrons. The lowest BCUT2D eigenvalue weighted by atomic mass is 10.1. The van der Waals surface area contributed by atoms with Crippen LogP contribution in [-0.2, 0) is 0 Å². The van der Waals surface area contributed by atoms with Gasteiger partial charge in [0.25, 0.3) is 5.91 Å². The van der Waals surface area contributed by atoms with Crippen LogP contribution in [0.5, 0.6) is 5.75 Å². The van der Waals surface area contributed by atoms with E-state index in [1.54, 1.807) is 43.5 Å². The molecule has 0 saturated carbocycles. The summed E-state index contributed by atoms with van der Waals surface area (Å²) in [5.41, 5.74) is 2.50. The zero-order valence-electron chi connectivity index (χ0n) is 16.5. The van der Waals surface area contributed by atoms with Crippen LogP contribution in [0, 0.1) is 6.92 Å². The maximum atomic E-state index is 12.8.